The van der Waals surface area contributed by atoms with Crippen molar-refractivity contribution in [2.75, 3.05) is 26.4 Å². The molecular weight excluding hydrogens is 296 g/mol. The number of rotatable bonds is 16. The third-order valence-corrected chi connectivity index (χ3v) is 3.87. The molecule has 1 aliphatic heterocycles. The van der Waals surface area contributed by atoms with E-state index in [9.17, 15) is 0 Å². The van der Waals surface area contributed by atoms with E-state index in [2.05, 4.69) is 6.92 Å². The molecule has 0 aromatic rings. The molecule has 0 bridgehead atoms. The average molecular weight is 332 g/mol. The molecule has 2 unspecified atom stereocenters. The molecule has 0 N–H and O–H groups in total. The van der Waals surface area contributed by atoms with Gasteiger partial charge in [0.2, 0.25) is 0 Å². The van der Waals surface area contributed by atoms with E-state index in [1.807, 2.05) is 20.8 Å². The molecule has 1 fully saturated rings. The molecule has 1 saturated heterocycles. The van der Waals surface area contributed by atoms with Crippen molar-refractivity contribution in [2.45, 2.75) is 91.0 Å². The first-order valence-corrected chi connectivity index (χ1v) is 9.41. The normalized spacial score (nSPS) is 19.0. The van der Waals surface area contributed by atoms with Gasteiger partial charge in [0.05, 0.1) is 0 Å². The van der Waals surface area contributed by atoms with Crippen LogP contribution in [0.3, 0.4) is 0 Å². The maximum Gasteiger partial charge on any atom is 0.310 e. The van der Waals surface area contributed by atoms with E-state index in [1.54, 1.807) is 0 Å². The van der Waals surface area contributed by atoms with Crippen LogP contribution in [0.2, 0.25) is 0 Å². The Balaban J connectivity index is 2.58. The summed E-state index contributed by atoms with van der Waals surface area (Å²) in [6.45, 7) is 10.3. The van der Waals surface area contributed by atoms with E-state index in [0.717, 1.165) is 12.8 Å². The highest BCUT2D eigenvalue weighted by Crippen LogP contribution is 2.30. The van der Waals surface area contributed by atoms with Crippen LogP contribution in [0.5, 0.6) is 0 Å². The average Bonchev–Trinajstić information content (AvgIpc) is 3.34. The Hall–Kier alpha value is -0.200. The van der Waals surface area contributed by atoms with Crippen molar-refractivity contribution in [3.05, 3.63) is 0 Å². The fraction of sp³-hybridized carbons (Fsp3) is 1.00. The molecular formula is C18H36O5. The van der Waals surface area contributed by atoms with Gasteiger partial charge >= 0.3 is 5.97 Å². The molecule has 0 radical (unpaired) electrons. The van der Waals surface area contributed by atoms with E-state index in [4.69, 9.17) is 23.7 Å². The zero-order chi connectivity index (χ0) is 17.0. The van der Waals surface area contributed by atoms with Crippen LogP contribution in [-0.2, 0) is 23.7 Å². The Morgan fingerprint density at radius 1 is 0.870 bits per heavy atom. The van der Waals surface area contributed by atoms with Crippen molar-refractivity contribution >= 4 is 0 Å². The summed E-state index contributed by atoms with van der Waals surface area (Å²) in [4.78, 5) is 0. The molecule has 0 amide bonds. The van der Waals surface area contributed by atoms with Gasteiger partial charge in [0, 0.05) is 19.8 Å². The summed E-state index contributed by atoms with van der Waals surface area (Å²) in [6.07, 6.45) is 7.89. The molecule has 1 aliphatic rings. The van der Waals surface area contributed by atoms with Crippen molar-refractivity contribution in [3.63, 3.8) is 0 Å². The highest BCUT2D eigenvalue weighted by atomic mass is 16.9. The first kappa shape index (κ1) is 20.8. The summed E-state index contributed by atoms with van der Waals surface area (Å²) in [5.41, 5.74) is 0. The molecule has 23 heavy (non-hydrogen) atoms. The van der Waals surface area contributed by atoms with E-state index in [1.165, 1.54) is 32.1 Å². The fourth-order valence-electron chi connectivity index (χ4n) is 2.75. The lowest BCUT2D eigenvalue weighted by Crippen LogP contribution is -2.51. The van der Waals surface area contributed by atoms with Crippen molar-refractivity contribution in [1.29, 1.82) is 0 Å². The lowest BCUT2D eigenvalue weighted by molar-refractivity contribution is -0.418. The van der Waals surface area contributed by atoms with Crippen molar-refractivity contribution < 1.29 is 23.7 Å². The minimum Gasteiger partial charge on any atom is -0.345 e. The molecule has 5 nitrogen and oxygen atoms in total. The van der Waals surface area contributed by atoms with Gasteiger partial charge in [0.25, 0.3) is 0 Å². The largest absolute Gasteiger partial charge is 0.345 e. The van der Waals surface area contributed by atoms with Gasteiger partial charge in [-0.05, 0) is 27.2 Å². The number of hydrogen-bond donors (Lipinski definition) is 0. The molecule has 1 rings (SSSR count). The fourth-order valence-corrected chi connectivity index (χ4v) is 2.75. The zero-order valence-corrected chi connectivity index (χ0v) is 15.5. The van der Waals surface area contributed by atoms with Crippen LogP contribution in [-0.4, -0.2) is 44.8 Å². The summed E-state index contributed by atoms with van der Waals surface area (Å²) in [5.74, 6) is -1.12. The highest BCUT2D eigenvalue weighted by Gasteiger charge is 2.46. The molecule has 0 aromatic heterocycles. The topological polar surface area (TPSA) is 49.5 Å². The van der Waals surface area contributed by atoms with Gasteiger partial charge in [-0.3, -0.25) is 0 Å². The van der Waals surface area contributed by atoms with Gasteiger partial charge in [-0.1, -0.05) is 45.4 Å². The van der Waals surface area contributed by atoms with Gasteiger partial charge < -0.3 is 23.7 Å². The Bertz CT molecular complexity index is 264. The van der Waals surface area contributed by atoms with Crippen LogP contribution in [0.15, 0.2) is 0 Å². The molecule has 0 aliphatic carbocycles. The molecule has 0 saturated carbocycles. The van der Waals surface area contributed by atoms with Crippen LogP contribution in [0.4, 0.5) is 0 Å². The summed E-state index contributed by atoms with van der Waals surface area (Å²) in [5, 5.41) is 0. The third kappa shape index (κ3) is 7.94. The smallest absolute Gasteiger partial charge is 0.310 e. The first-order chi connectivity index (χ1) is 11.2. The predicted octanol–water partition coefficient (Wildman–Crippen LogP) is 4.24. The van der Waals surface area contributed by atoms with Gasteiger partial charge in [-0.2, -0.15) is 0 Å². The summed E-state index contributed by atoms with van der Waals surface area (Å²) in [6, 6.07) is 0. The van der Waals surface area contributed by atoms with Crippen LogP contribution in [0.25, 0.3) is 0 Å². The van der Waals surface area contributed by atoms with Crippen molar-refractivity contribution in [3.8, 4) is 0 Å². The minimum atomic E-state index is -1.12. The second-order valence-corrected chi connectivity index (χ2v) is 5.85. The lowest BCUT2D eigenvalue weighted by atomic mass is 10.1. The highest BCUT2D eigenvalue weighted by molar-refractivity contribution is 4.75. The number of epoxide rings is 1. The van der Waals surface area contributed by atoms with Gasteiger partial charge in [0.15, 0.2) is 6.29 Å². The maximum absolute atomic E-state index is 6.02. The number of hydrogen-bond acceptors (Lipinski definition) is 5. The summed E-state index contributed by atoms with van der Waals surface area (Å²) < 4.78 is 28.9. The van der Waals surface area contributed by atoms with Crippen LogP contribution in [0.1, 0.15) is 72.6 Å². The Labute approximate surface area is 142 Å². The standard InChI is InChI=1S/C18H36O5/c1-5-9-10-11-12-13-14-16(23-17-15-19-17)18(20-6-2,21-7-3)22-8-4/h16-17H,5-15H2,1-4H3. The molecule has 0 aromatic carbocycles. The Morgan fingerprint density at radius 2 is 1.39 bits per heavy atom. The summed E-state index contributed by atoms with van der Waals surface area (Å²) >= 11 is 0. The Morgan fingerprint density at radius 3 is 1.87 bits per heavy atom. The molecule has 5 heteroatoms. The SMILES string of the molecule is CCCCCCCCC(OC1CO1)C(OCC)(OCC)OCC. The number of ether oxygens (including phenoxy) is 5. The second-order valence-electron chi connectivity index (χ2n) is 5.85. The van der Waals surface area contributed by atoms with E-state index < -0.39 is 5.97 Å². The Kier molecular flexibility index (Phi) is 11.1. The van der Waals surface area contributed by atoms with E-state index >= 15 is 0 Å². The van der Waals surface area contributed by atoms with E-state index in [-0.39, 0.29) is 12.4 Å². The molecule has 1 heterocycles. The zero-order valence-electron chi connectivity index (χ0n) is 15.5. The van der Waals surface area contributed by atoms with Gasteiger partial charge in [-0.25, -0.2) is 0 Å². The van der Waals surface area contributed by atoms with Crippen LogP contribution >= 0.6 is 0 Å². The third-order valence-electron chi connectivity index (χ3n) is 3.87. The molecule has 0 spiro atoms. The van der Waals surface area contributed by atoms with Gasteiger partial charge in [0.1, 0.15) is 12.7 Å². The van der Waals surface area contributed by atoms with Crippen LogP contribution < -0.4 is 0 Å². The molecule has 138 valence electrons. The summed E-state index contributed by atoms with van der Waals surface area (Å²) in [7, 11) is 0. The van der Waals surface area contributed by atoms with Crippen molar-refractivity contribution in [1.82, 2.24) is 0 Å². The molecule has 2 atom stereocenters. The first-order valence-electron chi connectivity index (χ1n) is 9.41. The predicted molar refractivity (Wildman–Crippen MR) is 90.2 cm³/mol. The van der Waals surface area contributed by atoms with E-state index in [0.29, 0.717) is 26.4 Å². The minimum absolute atomic E-state index is 0.138. The number of unbranched alkanes of at least 4 members (excludes halogenated alkanes) is 5. The second kappa shape index (κ2) is 12.2. The maximum atomic E-state index is 6.02. The van der Waals surface area contributed by atoms with Crippen LogP contribution in [0, 0.1) is 0 Å². The van der Waals surface area contributed by atoms with Crippen molar-refractivity contribution in [2.24, 2.45) is 0 Å². The van der Waals surface area contributed by atoms with Gasteiger partial charge in [-0.15, -0.1) is 0 Å². The monoisotopic (exact) mass is 332 g/mol. The lowest BCUT2D eigenvalue weighted by Gasteiger charge is -2.38. The quantitative estimate of drug-likeness (QED) is 0.240.